The van der Waals surface area contributed by atoms with Gasteiger partial charge in [0.05, 0.1) is 0 Å². The second-order valence-electron chi connectivity index (χ2n) is 6.05. The number of hydrogen-bond donors (Lipinski definition) is 0. The Hall–Kier alpha value is -1.02. The molecule has 3 heteroatoms. The van der Waals surface area contributed by atoms with E-state index in [0.29, 0.717) is 6.42 Å². The van der Waals surface area contributed by atoms with Crippen molar-refractivity contribution in [3.8, 4) is 0 Å². The summed E-state index contributed by atoms with van der Waals surface area (Å²) >= 11 is 6.12. The third kappa shape index (κ3) is 3.99. The molecule has 1 amide bonds. The highest BCUT2D eigenvalue weighted by molar-refractivity contribution is 6.31. The summed E-state index contributed by atoms with van der Waals surface area (Å²) in [6.07, 6.45) is 3.60. The van der Waals surface area contributed by atoms with Gasteiger partial charge in [0.1, 0.15) is 0 Å². The lowest BCUT2D eigenvalue weighted by atomic mass is 9.86. The van der Waals surface area contributed by atoms with Crippen molar-refractivity contribution in [1.29, 1.82) is 0 Å². The highest BCUT2D eigenvalue weighted by Crippen LogP contribution is 2.25. The van der Waals surface area contributed by atoms with Crippen LogP contribution in [0.5, 0.6) is 0 Å². The highest BCUT2D eigenvalue weighted by Gasteiger charge is 2.24. The predicted octanol–water partition coefficient (Wildman–Crippen LogP) is 4.17. The second kappa shape index (κ2) is 7.12. The fraction of sp³-hybridized carbons (Fsp3) is 0.588. The van der Waals surface area contributed by atoms with Gasteiger partial charge < -0.3 is 4.90 Å². The average Bonchev–Trinajstić information content (AvgIpc) is 2.46. The summed E-state index contributed by atoms with van der Waals surface area (Å²) in [7, 11) is 0. The molecule has 0 unspecified atom stereocenters. The molecule has 1 saturated heterocycles. The summed E-state index contributed by atoms with van der Waals surface area (Å²) in [4.78, 5) is 14.3. The lowest BCUT2D eigenvalue weighted by Gasteiger charge is -2.34. The van der Waals surface area contributed by atoms with E-state index in [1.54, 1.807) is 0 Å². The van der Waals surface area contributed by atoms with Gasteiger partial charge in [-0.25, -0.2) is 0 Å². The Labute approximate surface area is 127 Å². The van der Waals surface area contributed by atoms with E-state index in [2.05, 4.69) is 13.8 Å². The van der Waals surface area contributed by atoms with Crippen molar-refractivity contribution in [1.82, 2.24) is 4.90 Å². The molecule has 1 fully saturated rings. The SMILES string of the molecule is CC(C)C1CCN(C(=O)CCc2ccccc2Cl)CC1. The summed E-state index contributed by atoms with van der Waals surface area (Å²) < 4.78 is 0. The highest BCUT2D eigenvalue weighted by atomic mass is 35.5. The molecule has 1 aromatic carbocycles. The maximum absolute atomic E-state index is 12.2. The smallest absolute Gasteiger partial charge is 0.222 e. The van der Waals surface area contributed by atoms with E-state index in [1.807, 2.05) is 29.2 Å². The van der Waals surface area contributed by atoms with Gasteiger partial charge in [-0.05, 0) is 42.7 Å². The number of benzene rings is 1. The molecule has 0 spiro atoms. The summed E-state index contributed by atoms with van der Waals surface area (Å²) in [6, 6.07) is 7.78. The predicted molar refractivity (Wildman–Crippen MR) is 83.9 cm³/mol. The minimum Gasteiger partial charge on any atom is -0.343 e. The zero-order valence-electron chi connectivity index (χ0n) is 12.4. The number of aryl methyl sites for hydroxylation is 1. The largest absolute Gasteiger partial charge is 0.343 e. The third-order valence-corrected chi connectivity index (χ3v) is 4.77. The molecule has 0 radical (unpaired) electrons. The lowest BCUT2D eigenvalue weighted by molar-refractivity contribution is -0.132. The average molecular weight is 294 g/mol. The second-order valence-corrected chi connectivity index (χ2v) is 6.46. The van der Waals surface area contributed by atoms with Gasteiger partial charge >= 0.3 is 0 Å². The molecular formula is C17H24ClNO. The molecule has 0 saturated carbocycles. The standard InChI is InChI=1S/C17H24ClNO/c1-13(2)14-9-11-19(12-10-14)17(20)8-7-15-5-3-4-6-16(15)18/h3-6,13-14H,7-12H2,1-2H3. The van der Waals surface area contributed by atoms with Crippen LogP contribution in [0, 0.1) is 11.8 Å². The number of piperidine rings is 1. The molecule has 20 heavy (non-hydrogen) atoms. The molecule has 1 aliphatic heterocycles. The van der Waals surface area contributed by atoms with Gasteiger partial charge in [0.2, 0.25) is 5.91 Å². The van der Waals surface area contributed by atoms with Crippen LogP contribution in [0.3, 0.4) is 0 Å². The van der Waals surface area contributed by atoms with Crippen molar-refractivity contribution < 1.29 is 4.79 Å². The van der Waals surface area contributed by atoms with Crippen LogP contribution in [0.4, 0.5) is 0 Å². The van der Waals surface area contributed by atoms with Gasteiger partial charge in [-0.3, -0.25) is 4.79 Å². The van der Waals surface area contributed by atoms with Crippen LogP contribution in [0.2, 0.25) is 5.02 Å². The van der Waals surface area contributed by atoms with Crippen LogP contribution in [-0.4, -0.2) is 23.9 Å². The van der Waals surface area contributed by atoms with E-state index in [4.69, 9.17) is 11.6 Å². The number of hydrogen-bond acceptors (Lipinski definition) is 1. The minimum absolute atomic E-state index is 0.270. The minimum atomic E-state index is 0.270. The molecular weight excluding hydrogens is 270 g/mol. The Kier molecular flexibility index (Phi) is 5.47. The molecule has 110 valence electrons. The maximum Gasteiger partial charge on any atom is 0.222 e. The molecule has 0 atom stereocenters. The van der Waals surface area contributed by atoms with Crippen molar-refractivity contribution in [2.75, 3.05) is 13.1 Å². The van der Waals surface area contributed by atoms with Crippen LogP contribution < -0.4 is 0 Å². The Bertz CT molecular complexity index is 450. The van der Waals surface area contributed by atoms with Crippen molar-refractivity contribution in [2.45, 2.75) is 39.5 Å². The molecule has 1 heterocycles. The van der Waals surface area contributed by atoms with Crippen molar-refractivity contribution in [3.05, 3.63) is 34.9 Å². The fourth-order valence-electron chi connectivity index (χ4n) is 2.92. The lowest BCUT2D eigenvalue weighted by Crippen LogP contribution is -2.39. The number of amides is 1. The van der Waals surface area contributed by atoms with E-state index >= 15 is 0 Å². The number of halogens is 1. The van der Waals surface area contributed by atoms with Crippen LogP contribution in [0.1, 0.15) is 38.7 Å². The molecule has 1 aliphatic rings. The van der Waals surface area contributed by atoms with E-state index in [-0.39, 0.29) is 5.91 Å². The first-order valence-corrected chi connectivity index (χ1v) is 7.97. The number of nitrogens with zero attached hydrogens (tertiary/aromatic N) is 1. The number of rotatable bonds is 4. The van der Waals surface area contributed by atoms with Crippen molar-refractivity contribution >= 4 is 17.5 Å². The summed E-state index contributed by atoms with van der Waals surface area (Å²) in [5, 5.41) is 0.763. The van der Waals surface area contributed by atoms with Gasteiger partial charge in [-0.1, -0.05) is 43.6 Å². The van der Waals surface area contributed by atoms with Gasteiger partial charge in [-0.15, -0.1) is 0 Å². The molecule has 2 rings (SSSR count). The first-order chi connectivity index (χ1) is 9.58. The first-order valence-electron chi connectivity index (χ1n) is 7.59. The zero-order chi connectivity index (χ0) is 14.5. The van der Waals surface area contributed by atoms with Crippen LogP contribution in [0.25, 0.3) is 0 Å². The monoisotopic (exact) mass is 293 g/mol. The summed E-state index contributed by atoms with van der Waals surface area (Å²) in [6.45, 7) is 6.40. The number of carbonyl (C=O) groups excluding carboxylic acids is 1. The summed E-state index contributed by atoms with van der Waals surface area (Å²) in [5.41, 5.74) is 1.07. The van der Waals surface area contributed by atoms with Gasteiger partial charge in [0.25, 0.3) is 0 Å². The molecule has 1 aromatic rings. The quantitative estimate of drug-likeness (QED) is 0.816. The van der Waals surface area contributed by atoms with E-state index in [1.165, 1.54) is 0 Å². The Morgan fingerprint density at radius 3 is 2.55 bits per heavy atom. The molecule has 0 aromatic heterocycles. The van der Waals surface area contributed by atoms with E-state index < -0.39 is 0 Å². The van der Waals surface area contributed by atoms with Gasteiger partial charge in [-0.2, -0.15) is 0 Å². The van der Waals surface area contributed by atoms with Crippen LogP contribution >= 0.6 is 11.6 Å². The molecule has 0 N–H and O–H groups in total. The number of likely N-dealkylation sites (tertiary alicyclic amines) is 1. The van der Waals surface area contributed by atoms with Gasteiger partial charge in [0.15, 0.2) is 0 Å². The normalized spacial score (nSPS) is 16.7. The Morgan fingerprint density at radius 1 is 1.30 bits per heavy atom. The molecule has 0 aliphatic carbocycles. The fourth-order valence-corrected chi connectivity index (χ4v) is 3.15. The van der Waals surface area contributed by atoms with Crippen LogP contribution in [0.15, 0.2) is 24.3 Å². The van der Waals surface area contributed by atoms with Crippen LogP contribution in [-0.2, 0) is 11.2 Å². The maximum atomic E-state index is 12.2. The van der Waals surface area contributed by atoms with E-state index in [0.717, 1.165) is 54.8 Å². The molecule has 0 bridgehead atoms. The number of carbonyl (C=O) groups is 1. The van der Waals surface area contributed by atoms with Crippen molar-refractivity contribution in [2.24, 2.45) is 11.8 Å². The zero-order valence-corrected chi connectivity index (χ0v) is 13.2. The van der Waals surface area contributed by atoms with E-state index in [9.17, 15) is 4.79 Å². The third-order valence-electron chi connectivity index (χ3n) is 4.40. The Balaban J connectivity index is 1.80. The first kappa shape index (κ1) is 15.4. The Morgan fingerprint density at radius 2 is 1.95 bits per heavy atom. The van der Waals surface area contributed by atoms with Gasteiger partial charge in [0, 0.05) is 24.5 Å². The van der Waals surface area contributed by atoms with Crippen molar-refractivity contribution in [3.63, 3.8) is 0 Å². The topological polar surface area (TPSA) is 20.3 Å². The summed E-state index contributed by atoms with van der Waals surface area (Å²) in [5.74, 6) is 1.78. The molecule has 2 nitrogen and oxygen atoms in total.